The Kier molecular flexibility index (Phi) is 37.4. The summed E-state index contributed by atoms with van der Waals surface area (Å²) in [7, 11) is 54.2. The second-order valence-electron chi connectivity index (χ2n) is 11.9. The number of carbonyl (C=O) groups is 1. The molecule has 0 spiro atoms. The van der Waals surface area contributed by atoms with E-state index in [1.54, 1.807) is 0 Å². The minimum absolute atomic E-state index is 0.0658. The topological polar surface area (TPSA) is 54.0 Å². The quantitative estimate of drug-likeness (QED) is 0.0898. The third-order valence-electron chi connectivity index (χ3n) is 8.29. The van der Waals surface area contributed by atoms with Crippen LogP contribution in [0.1, 0.15) is 34.1 Å². The first kappa shape index (κ1) is 64.0. The van der Waals surface area contributed by atoms with Crippen molar-refractivity contribution in [3.8, 4) is 0 Å². The van der Waals surface area contributed by atoms with Crippen LogP contribution in [-0.4, -0.2) is 30.2 Å². The Bertz CT molecular complexity index is 1200. The number of carbonyl (C=O) groups excluding carboxylic acids is 1. The first-order chi connectivity index (χ1) is 24.9. The molecule has 39 heteroatoms. The van der Waals surface area contributed by atoms with Gasteiger partial charge >= 0.3 is 0 Å². The van der Waals surface area contributed by atoms with Gasteiger partial charge in [-0.05, 0) is 78.8 Å². The van der Waals surface area contributed by atoms with E-state index in [0.29, 0.717) is 0 Å². The summed E-state index contributed by atoms with van der Waals surface area (Å²) in [5, 5.41) is 0. The van der Waals surface area contributed by atoms with Gasteiger partial charge in [0.05, 0.1) is 28.7 Å². The molecule has 27 unspecified atom stereocenters. The summed E-state index contributed by atoms with van der Waals surface area (Å²) in [5.74, 6) is -0.329. The van der Waals surface area contributed by atoms with E-state index < -0.39 is 95.0 Å². The third-order valence-corrected chi connectivity index (χ3v) is 167. The van der Waals surface area contributed by atoms with E-state index in [-0.39, 0.29) is 60.4 Å². The van der Waals surface area contributed by atoms with Gasteiger partial charge in [-0.3, -0.25) is 4.79 Å². The Morgan fingerprint density at radius 3 is 1.56 bits per heavy atom. The molecule has 0 N–H and O–H groups in total. The molecule has 54 heavy (non-hydrogen) atoms. The minimum atomic E-state index is -0.881. The van der Waals surface area contributed by atoms with E-state index in [9.17, 15) is 0 Å². The molecule has 0 aliphatic heterocycles. The zero-order valence-electron chi connectivity index (χ0n) is 29.9. The zero-order valence-corrected chi connectivity index (χ0v) is 65.2. The summed E-state index contributed by atoms with van der Waals surface area (Å²) in [6, 6.07) is 0. The maximum atomic E-state index is 15.2. The van der Waals surface area contributed by atoms with Crippen molar-refractivity contribution >= 4 is 282 Å². The van der Waals surface area contributed by atoms with Crippen molar-refractivity contribution < 1.29 is 22.9 Å². The molecule has 0 aromatic carbocycles. The van der Waals surface area contributed by atoms with Gasteiger partial charge in [-0.15, -0.1) is 134 Å². The number of Topliss-reactive ketones (excluding diaryl/α,β-unsaturated/α-hetero) is 1. The summed E-state index contributed by atoms with van der Waals surface area (Å²) in [6.07, 6.45) is -0.764. The van der Waals surface area contributed by atoms with Crippen LogP contribution in [-0.2, 0) is 22.9 Å². The van der Waals surface area contributed by atoms with E-state index in [4.69, 9.17) is 18.1 Å². The van der Waals surface area contributed by atoms with Crippen molar-refractivity contribution in [1.82, 2.24) is 0 Å². The molecule has 0 amide bonds. The second kappa shape index (κ2) is 31.6. The van der Waals surface area contributed by atoms with Crippen LogP contribution in [0, 0.1) is 17.3 Å². The SMILES string of the molecule is CC1=C2[C@@H](OP(P(P)P)P(PP)P(P)P)[C@H](OP(P(P)P)P(P)P(P)P)[C@@H](C)C(=O)[C@H](OPP)C(C[C@@H]1OP(P(P)P(P)P)P(P(P)P)P(P)P)C2(C)C. The number of rotatable bonds is 20. The minimum Gasteiger partial charge on any atom is -0.347 e. The van der Waals surface area contributed by atoms with Gasteiger partial charge in [-0.2, -0.15) is 0 Å². The molecule has 1 saturated carbocycles. The molecule has 0 saturated heterocycles. The van der Waals surface area contributed by atoms with Crippen molar-refractivity contribution in [1.29, 1.82) is 0 Å². The average Bonchev–Trinajstić information content (AvgIpc) is 3.05. The van der Waals surface area contributed by atoms with E-state index in [0.717, 1.165) is 14.4 Å². The lowest BCUT2D eigenvalue weighted by molar-refractivity contribution is -0.141. The van der Waals surface area contributed by atoms with Crippen molar-refractivity contribution in [2.24, 2.45) is 17.3 Å². The molecule has 2 bridgehead atoms. The maximum Gasteiger partial charge on any atom is 0.167 e. The molecular formula is C15H58O5P34. The standard InChI is InChI=1S/C15H58O5P34/c1-6-9(18-43(52(38)47(29)30)54(49(33)34)50(35)36)5-8-13(17-39-21)11(16)7(2)12(19-41(44(23)24)51(37)46(27)28)14(10(6)15(8,3)4)20-42(45(25)26)53(40-22)48(31)32/h7-9,12-14,39-40H,5,21-38H2,1-4H3/t7-,8?,9-,12+,13+,14+,41?,42?,43?,51?,52?,53?/m0/s1. The predicted octanol–water partition coefficient (Wildman–Crippen LogP) is 21.1. The molecule has 2 aliphatic carbocycles. The van der Waals surface area contributed by atoms with Crippen LogP contribution < -0.4 is 0 Å². The molecular weight excluding hydrogens is 1310 g/mol. The van der Waals surface area contributed by atoms with Crippen LogP contribution in [0.4, 0.5) is 0 Å². The van der Waals surface area contributed by atoms with Crippen LogP contribution in [0.2, 0.25) is 0 Å². The highest BCUT2D eigenvalue weighted by Crippen LogP contribution is 3.18. The summed E-state index contributed by atoms with van der Waals surface area (Å²) >= 11 is 0. The van der Waals surface area contributed by atoms with E-state index >= 15 is 4.79 Å². The molecule has 1 fully saturated rings. The van der Waals surface area contributed by atoms with Crippen LogP contribution in [0.3, 0.4) is 0 Å². The van der Waals surface area contributed by atoms with Crippen LogP contribution in [0.25, 0.3) is 0 Å². The number of hydrogen-bond donors (Lipinski definition) is 0. The molecule has 0 radical (unpaired) electrons. The first-order valence-corrected chi connectivity index (χ1v) is 73.4. The van der Waals surface area contributed by atoms with Gasteiger partial charge in [-0.25, -0.2) is 0 Å². The van der Waals surface area contributed by atoms with E-state index in [2.05, 4.69) is 188 Å². The van der Waals surface area contributed by atoms with Crippen molar-refractivity contribution in [3.63, 3.8) is 0 Å². The van der Waals surface area contributed by atoms with Crippen molar-refractivity contribution in [3.05, 3.63) is 11.1 Å². The first-order valence-electron chi connectivity index (χ1n) is 14.9. The van der Waals surface area contributed by atoms with Crippen molar-refractivity contribution in [2.75, 3.05) is 0 Å². The molecule has 5 nitrogen and oxygen atoms in total. The number of fused-ring (bicyclic) bond motifs is 2. The van der Waals surface area contributed by atoms with Crippen molar-refractivity contribution in [2.45, 2.75) is 58.5 Å². The fourth-order valence-electron chi connectivity index (χ4n) is 5.90. The van der Waals surface area contributed by atoms with E-state index in [1.165, 1.54) is 11.1 Å². The van der Waals surface area contributed by atoms with Crippen LogP contribution >= 0.6 is 277 Å². The molecule has 0 aromatic rings. The molecule has 0 aromatic heterocycles. The second-order valence-corrected chi connectivity index (χ2v) is 128. The summed E-state index contributed by atoms with van der Waals surface area (Å²) in [6.45, 7) is 4.40. The van der Waals surface area contributed by atoms with Gasteiger partial charge in [0.25, 0.3) is 0 Å². The normalized spacial score (nSPS) is 29.3. The third kappa shape index (κ3) is 18.4. The maximum absolute atomic E-state index is 15.2. The molecule has 2 rings (SSSR count). The van der Waals surface area contributed by atoms with Gasteiger partial charge in [0.1, 0.15) is 18.3 Å². The van der Waals surface area contributed by atoms with Gasteiger partial charge in [0.2, 0.25) is 0 Å². The Labute approximate surface area is 388 Å². The number of hydrogen-bond acceptors (Lipinski definition) is 5. The predicted molar refractivity (Wildman–Crippen MR) is 357 cm³/mol. The lowest BCUT2D eigenvalue weighted by Gasteiger charge is -2.54. The Balaban J connectivity index is 3.12. The summed E-state index contributed by atoms with van der Waals surface area (Å²) < 4.78 is 29.7. The van der Waals surface area contributed by atoms with Gasteiger partial charge in [-0.1, -0.05) is 55.5 Å². The number of ketones is 1. The molecule has 2 aliphatic rings. The van der Waals surface area contributed by atoms with Crippen LogP contribution in [0.5, 0.6) is 0 Å². The highest BCUT2D eigenvalue weighted by molar-refractivity contribution is 9.19. The molecule has 32 atom stereocenters. The Morgan fingerprint density at radius 2 is 1.15 bits per heavy atom. The monoisotopic (exact) mass is 1370 g/mol. The molecule has 318 valence electrons. The average molecular weight is 1370 g/mol. The Hall–Kier alpha value is 13.9. The highest BCUT2D eigenvalue weighted by atomic mass is 33.2. The van der Waals surface area contributed by atoms with E-state index in [1.807, 2.05) is 0 Å². The van der Waals surface area contributed by atoms with Gasteiger partial charge < -0.3 is 18.1 Å². The molecule has 0 heterocycles. The van der Waals surface area contributed by atoms with Gasteiger partial charge in [0.15, 0.2) is 5.78 Å². The lowest BCUT2D eigenvalue weighted by atomic mass is 9.58. The summed E-state index contributed by atoms with van der Waals surface area (Å²) in [5.41, 5.74) is 2.17. The lowest BCUT2D eigenvalue weighted by Crippen LogP contribution is -2.56. The zero-order chi connectivity index (χ0) is 41.7. The highest BCUT2D eigenvalue weighted by Gasteiger charge is 2.57. The van der Waals surface area contributed by atoms with Gasteiger partial charge in [0, 0.05) is 48.3 Å². The largest absolute Gasteiger partial charge is 0.347 e. The summed E-state index contributed by atoms with van der Waals surface area (Å²) in [4.78, 5) is 15.2. The smallest absolute Gasteiger partial charge is 0.167 e. The fourth-order valence-corrected chi connectivity index (χ4v) is 213. The van der Waals surface area contributed by atoms with Crippen LogP contribution in [0.15, 0.2) is 11.1 Å². The fraction of sp³-hybridized carbons (Fsp3) is 0.800. The Morgan fingerprint density at radius 1 is 0.648 bits per heavy atom.